The molecule has 1 heterocycles. The lowest BCUT2D eigenvalue weighted by molar-refractivity contribution is 0.251. The molecule has 10 heteroatoms. The van der Waals surface area contributed by atoms with Crippen LogP contribution in [-0.2, 0) is 0 Å². The normalized spacial score (nSPS) is 16.2. The molecule has 2 N–H and O–H groups in total. The lowest BCUT2D eigenvalue weighted by atomic mass is 9.90. The Morgan fingerprint density at radius 2 is 1.32 bits per heavy atom. The first-order chi connectivity index (χ1) is 19.2. The van der Waals surface area contributed by atoms with Crippen LogP contribution in [0, 0.1) is 0 Å². The molecule has 0 aliphatic carbocycles. The number of nitrogens with zero attached hydrogens (tertiary/aromatic N) is 2. The van der Waals surface area contributed by atoms with Gasteiger partial charge >= 0.3 is 12.1 Å². The zero-order chi connectivity index (χ0) is 28.4. The van der Waals surface area contributed by atoms with E-state index < -0.39 is 0 Å². The monoisotopic (exact) mass is 612 g/mol. The molecule has 204 valence electrons. The minimum absolute atomic E-state index is 0.258. The molecule has 0 bridgehead atoms. The molecule has 4 amide bonds. The summed E-state index contributed by atoms with van der Waals surface area (Å²) in [5.74, 6) is 0. The molecule has 0 unspecified atom stereocenters. The number of carbonyl (C=O) groups excluding carboxylic acids is 2. The molecule has 0 radical (unpaired) electrons. The SMILES string of the molecule is C[C@@H]1C[C@H](N(C(=O)Nc2ccc(Cl)c(Cl)c2)c2ccccc2)c2ccccc2N1C(=O)Nc1ccc(Cl)c(Cl)c1. The lowest BCUT2D eigenvalue weighted by Crippen LogP contribution is -2.49. The second-order valence-corrected chi connectivity index (χ2v) is 11.0. The summed E-state index contributed by atoms with van der Waals surface area (Å²) in [6, 6.07) is 25.6. The van der Waals surface area contributed by atoms with Gasteiger partial charge in [-0.1, -0.05) is 82.8 Å². The summed E-state index contributed by atoms with van der Waals surface area (Å²) >= 11 is 24.5. The van der Waals surface area contributed by atoms with Gasteiger partial charge in [-0.2, -0.15) is 0 Å². The van der Waals surface area contributed by atoms with E-state index in [0.717, 1.165) is 5.56 Å². The van der Waals surface area contributed by atoms with Crippen molar-refractivity contribution in [3.63, 3.8) is 0 Å². The molecule has 0 saturated heterocycles. The number of rotatable bonds is 4. The fourth-order valence-corrected chi connectivity index (χ4v) is 5.47. The van der Waals surface area contributed by atoms with Crippen molar-refractivity contribution in [3.8, 4) is 0 Å². The number of halogens is 4. The first-order valence-corrected chi connectivity index (χ1v) is 14.0. The number of anilines is 4. The molecular formula is C30H24Cl4N4O2. The van der Waals surface area contributed by atoms with Gasteiger partial charge in [-0.25, -0.2) is 9.59 Å². The van der Waals surface area contributed by atoms with Gasteiger partial charge in [-0.05, 0) is 73.5 Å². The second kappa shape index (κ2) is 12.0. The van der Waals surface area contributed by atoms with E-state index in [1.165, 1.54) is 0 Å². The van der Waals surface area contributed by atoms with Crippen molar-refractivity contribution in [1.82, 2.24) is 0 Å². The van der Waals surface area contributed by atoms with Gasteiger partial charge in [0.25, 0.3) is 0 Å². The highest BCUT2D eigenvalue weighted by Gasteiger charge is 2.38. The summed E-state index contributed by atoms with van der Waals surface area (Å²) in [6.45, 7) is 1.96. The van der Waals surface area contributed by atoms with Crippen molar-refractivity contribution in [2.75, 3.05) is 20.4 Å². The molecule has 1 aliphatic rings. The van der Waals surface area contributed by atoms with Crippen LogP contribution >= 0.6 is 46.4 Å². The number of carbonyl (C=O) groups is 2. The van der Waals surface area contributed by atoms with Gasteiger partial charge in [0.15, 0.2) is 0 Å². The lowest BCUT2D eigenvalue weighted by Gasteiger charge is -2.43. The number of para-hydroxylation sites is 2. The van der Waals surface area contributed by atoms with Gasteiger partial charge in [0.1, 0.15) is 0 Å². The molecule has 6 nitrogen and oxygen atoms in total. The molecule has 5 rings (SSSR count). The maximum Gasteiger partial charge on any atom is 0.326 e. The van der Waals surface area contributed by atoms with Gasteiger partial charge < -0.3 is 10.6 Å². The summed E-state index contributed by atoms with van der Waals surface area (Å²) in [7, 11) is 0. The number of amides is 4. The molecule has 4 aromatic rings. The van der Waals surface area contributed by atoms with Crippen LogP contribution < -0.4 is 20.4 Å². The van der Waals surface area contributed by atoms with E-state index in [-0.39, 0.29) is 24.1 Å². The number of nitrogens with one attached hydrogen (secondary N) is 2. The van der Waals surface area contributed by atoms with Gasteiger partial charge in [0, 0.05) is 23.1 Å². The number of fused-ring (bicyclic) bond motifs is 1. The van der Waals surface area contributed by atoms with Crippen molar-refractivity contribution in [2.45, 2.75) is 25.4 Å². The van der Waals surface area contributed by atoms with E-state index in [0.29, 0.717) is 49.3 Å². The summed E-state index contributed by atoms with van der Waals surface area (Å²) in [4.78, 5) is 30.8. The van der Waals surface area contributed by atoms with Crippen LogP contribution in [0.1, 0.15) is 24.9 Å². The molecule has 4 aromatic carbocycles. The van der Waals surface area contributed by atoms with Crippen LogP contribution in [0.15, 0.2) is 91.0 Å². The summed E-state index contributed by atoms with van der Waals surface area (Å²) in [5, 5.41) is 7.36. The first kappa shape index (κ1) is 28.1. The van der Waals surface area contributed by atoms with E-state index in [4.69, 9.17) is 46.4 Å². The Bertz CT molecular complexity index is 1570. The molecule has 0 aromatic heterocycles. The molecule has 40 heavy (non-hydrogen) atoms. The highest BCUT2D eigenvalue weighted by atomic mass is 35.5. The third-order valence-corrected chi connectivity index (χ3v) is 8.16. The minimum atomic E-state index is -0.370. The van der Waals surface area contributed by atoms with Crippen molar-refractivity contribution < 1.29 is 9.59 Å². The largest absolute Gasteiger partial charge is 0.326 e. The topological polar surface area (TPSA) is 64.7 Å². The maximum atomic E-state index is 13.9. The van der Waals surface area contributed by atoms with Crippen LogP contribution in [0.3, 0.4) is 0 Å². The smallest absolute Gasteiger partial charge is 0.307 e. The average molecular weight is 614 g/mol. The molecule has 0 fully saturated rings. The Hall–Kier alpha value is -3.42. The zero-order valence-electron chi connectivity index (χ0n) is 21.2. The number of benzene rings is 4. The van der Waals surface area contributed by atoms with Gasteiger partial charge in [-0.3, -0.25) is 9.80 Å². The van der Waals surface area contributed by atoms with E-state index in [1.807, 2.05) is 61.5 Å². The highest BCUT2D eigenvalue weighted by Crippen LogP contribution is 2.43. The minimum Gasteiger partial charge on any atom is -0.307 e. The summed E-state index contributed by atoms with van der Waals surface area (Å²) in [6.07, 6.45) is 0.482. The Morgan fingerprint density at radius 3 is 1.95 bits per heavy atom. The maximum absolute atomic E-state index is 13.9. The Morgan fingerprint density at radius 1 is 0.750 bits per heavy atom. The number of hydrogen-bond donors (Lipinski definition) is 2. The molecule has 2 atom stereocenters. The van der Waals surface area contributed by atoms with E-state index in [9.17, 15) is 9.59 Å². The number of hydrogen-bond acceptors (Lipinski definition) is 2. The van der Waals surface area contributed by atoms with Crippen LogP contribution in [0.5, 0.6) is 0 Å². The van der Waals surface area contributed by atoms with Gasteiger partial charge in [0.2, 0.25) is 0 Å². The fourth-order valence-electron chi connectivity index (χ4n) is 4.88. The molecular weight excluding hydrogens is 590 g/mol. The second-order valence-electron chi connectivity index (χ2n) is 9.35. The molecule has 0 spiro atoms. The van der Waals surface area contributed by atoms with E-state index in [2.05, 4.69) is 10.6 Å². The first-order valence-electron chi connectivity index (χ1n) is 12.5. The molecule has 1 aliphatic heterocycles. The Kier molecular flexibility index (Phi) is 8.43. The van der Waals surface area contributed by atoms with Gasteiger partial charge in [-0.15, -0.1) is 0 Å². The van der Waals surface area contributed by atoms with Crippen LogP contribution in [-0.4, -0.2) is 18.1 Å². The highest BCUT2D eigenvalue weighted by molar-refractivity contribution is 6.42. The average Bonchev–Trinajstić information content (AvgIpc) is 2.93. The van der Waals surface area contributed by atoms with Crippen LogP contribution in [0.2, 0.25) is 20.1 Å². The predicted molar refractivity (Wildman–Crippen MR) is 166 cm³/mol. The fraction of sp³-hybridized carbons (Fsp3) is 0.133. The van der Waals surface area contributed by atoms with Gasteiger partial charge in [0.05, 0.1) is 31.8 Å². The third-order valence-electron chi connectivity index (χ3n) is 6.69. The van der Waals surface area contributed by atoms with E-state index in [1.54, 1.807) is 46.2 Å². The van der Waals surface area contributed by atoms with Crippen molar-refractivity contribution in [1.29, 1.82) is 0 Å². The van der Waals surface area contributed by atoms with Crippen molar-refractivity contribution >= 4 is 81.2 Å². The van der Waals surface area contributed by atoms with Crippen LogP contribution in [0.25, 0.3) is 0 Å². The standard InChI is InChI=1S/C30H24Cl4N4O2/c1-18-15-28(38(21-7-3-2-4-8-21)30(40)36-20-12-14-24(32)26(34)17-20)22-9-5-6-10-27(22)37(18)29(39)35-19-11-13-23(31)25(33)16-19/h2-14,16-18,28H,15H2,1H3,(H,35,39)(H,36,40)/t18-,28+/m1/s1. The third kappa shape index (κ3) is 5.86. The number of urea groups is 2. The van der Waals surface area contributed by atoms with Crippen LogP contribution in [0.4, 0.5) is 32.3 Å². The predicted octanol–water partition coefficient (Wildman–Crippen LogP) is 9.91. The van der Waals surface area contributed by atoms with Crippen molar-refractivity contribution in [3.05, 3.63) is 117 Å². The Labute approximate surface area is 252 Å². The van der Waals surface area contributed by atoms with Crippen molar-refractivity contribution in [2.24, 2.45) is 0 Å². The van der Waals surface area contributed by atoms with E-state index >= 15 is 0 Å². The molecule has 0 saturated carbocycles. The summed E-state index contributed by atoms with van der Waals surface area (Å²) < 4.78 is 0. The quantitative estimate of drug-likeness (QED) is 0.240. The summed E-state index contributed by atoms with van der Waals surface area (Å²) in [5.41, 5.74) is 3.28. The Balaban J connectivity index is 1.50. The zero-order valence-corrected chi connectivity index (χ0v) is 24.3.